The minimum Gasteiger partial charge on any atom is -0.507 e. The van der Waals surface area contributed by atoms with Crippen LogP contribution in [0.3, 0.4) is 0 Å². The van der Waals surface area contributed by atoms with Gasteiger partial charge in [0.2, 0.25) is 5.43 Å². The van der Waals surface area contributed by atoms with Crippen LogP contribution in [0.25, 0.3) is 21.9 Å². The smallest absolute Gasteiger partial charge is 0.204 e. The second-order valence-corrected chi connectivity index (χ2v) is 7.46. The molecule has 0 aliphatic heterocycles. The monoisotopic (exact) mass is 380 g/mol. The molecule has 0 atom stereocenters. The standard InChI is InChI=1S/C23H24O5/c1-12(2)5-7-14-9-10-16-21(27)18-17(24)11-15(8-6-13(3)4)20(26)23(18)28-22(16)19(14)25/h5-6,9-11,24-26H,7-8H2,1-4H3. The maximum Gasteiger partial charge on any atom is 0.204 e. The van der Waals surface area contributed by atoms with Crippen LogP contribution in [0.4, 0.5) is 0 Å². The zero-order valence-corrected chi connectivity index (χ0v) is 16.5. The number of phenolic OH excluding ortho intramolecular Hbond substituents is 3. The molecule has 5 heteroatoms. The van der Waals surface area contributed by atoms with Crippen LogP contribution in [0, 0.1) is 0 Å². The number of hydrogen-bond acceptors (Lipinski definition) is 5. The van der Waals surface area contributed by atoms with Crippen molar-refractivity contribution < 1.29 is 19.7 Å². The van der Waals surface area contributed by atoms with Crippen molar-refractivity contribution in [2.24, 2.45) is 0 Å². The Labute approximate surface area is 162 Å². The highest BCUT2D eigenvalue weighted by molar-refractivity contribution is 5.98. The number of phenols is 3. The molecule has 146 valence electrons. The van der Waals surface area contributed by atoms with Gasteiger partial charge in [0.15, 0.2) is 22.7 Å². The maximum atomic E-state index is 12.9. The third-order valence-corrected chi connectivity index (χ3v) is 4.66. The molecular weight excluding hydrogens is 356 g/mol. The zero-order valence-electron chi connectivity index (χ0n) is 16.5. The van der Waals surface area contributed by atoms with E-state index >= 15 is 0 Å². The second-order valence-electron chi connectivity index (χ2n) is 7.46. The molecule has 0 radical (unpaired) electrons. The van der Waals surface area contributed by atoms with Crippen molar-refractivity contribution in [1.82, 2.24) is 0 Å². The molecule has 3 aromatic rings. The van der Waals surface area contributed by atoms with Crippen molar-refractivity contribution in [2.75, 3.05) is 0 Å². The average Bonchev–Trinajstić information content (AvgIpc) is 2.63. The number of allylic oxidation sites excluding steroid dienone is 4. The Morgan fingerprint density at radius 2 is 1.46 bits per heavy atom. The lowest BCUT2D eigenvalue weighted by molar-refractivity contribution is 0.444. The topological polar surface area (TPSA) is 90.9 Å². The number of rotatable bonds is 4. The molecule has 3 N–H and O–H groups in total. The lowest BCUT2D eigenvalue weighted by Gasteiger charge is -2.11. The Morgan fingerprint density at radius 1 is 0.893 bits per heavy atom. The molecule has 0 aliphatic rings. The van der Waals surface area contributed by atoms with Gasteiger partial charge in [-0.1, -0.05) is 29.4 Å². The number of benzene rings is 2. The van der Waals surface area contributed by atoms with Crippen LogP contribution in [0.15, 0.2) is 50.7 Å². The van der Waals surface area contributed by atoms with Crippen molar-refractivity contribution in [3.63, 3.8) is 0 Å². The van der Waals surface area contributed by atoms with Gasteiger partial charge in [0, 0.05) is 11.1 Å². The van der Waals surface area contributed by atoms with Gasteiger partial charge in [0.05, 0.1) is 5.39 Å². The molecule has 0 saturated carbocycles. The SMILES string of the molecule is CC(C)=CCc1ccc2c(=O)c3c(O)cc(CC=C(C)C)c(O)c3oc2c1O. The van der Waals surface area contributed by atoms with Crippen LogP contribution >= 0.6 is 0 Å². The van der Waals surface area contributed by atoms with E-state index in [9.17, 15) is 20.1 Å². The second kappa shape index (κ2) is 7.43. The van der Waals surface area contributed by atoms with Gasteiger partial charge in [-0.3, -0.25) is 4.79 Å². The van der Waals surface area contributed by atoms with Crippen LogP contribution in [0.2, 0.25) is 0 Å². The van der Waals surface area contributed by atoms with E-state index in [1.165, 1.54) is 6.07 Å². The Balaban J connectivity index is 2.32. The first-order chi connectivity index (χ1) is 13.2. The zero-order chi connectivity index (χ0) is 20.6. The summed E-state index contributed by atoms with van der Waals surface area (Å²) in [6, 6.07) is 4.62. The summed E-state index contributed by atoms with van der Waals surface area (Å²) >= 11 is 0. The summed E-state index contributed by atoms with van der Waals surface area (Å²) in [6.45, 7) is 7.77. The van der Waals surface area contributed by atoms with Crippen LogP contribution in [0.5, 0.6) is 17.2 Å². The molecule has 0 spiro atoms. The van der Waals surface area contributed by atoms with Crippen molar-refractivity contribution in [3.05, 3.63) is 62.8 Å². The van der Waals surface area contributed by atoms with Crippen molar-refractivity contribution in [3.8, 4) is 17.2 Å². The van der Waals surface area contributed by atoms with Gasteiger partial charge in [-0.25, -0.2) is 0 Å². The van der Waals surface area contributed by atoms with Crippen LogP contribution in [-0.2, 0) is 12.8 Å². The molecule has 0 bridgehead atoms. The number of fused-ring (bicyclic) bond motifs is 2. The van der Waals surface area contributed by atoms with E-state index in [0.29, 0.717) is 24.0 Å². The van der Waals surface area contributed by atoms with Crippen LogP contribution < -0.4 is 5.43 Å². The van der Waals surface area contributed by atoms with E-state index in [1.807, 2.05) is 39.8 Å². The summed E-state index contributed by atoms with van der Waals surface area (Å²) < 4.78 is 5.76. The molecule has 3 rings (SSSR count). The third kappa shape index (κ3) is 3.48. The van der Waals surface area contributed by atoms with E-state index in [4.69, 9.17) is 4.42 Å². The van der Waals surface area contributed by atoms with Gasteiger partial charge in [-0.05, 0) is 52.7 Å². The first-order valence-corrected chi connectivity index (χ1v) is 9.12. The Kier molecular flexibility index (Phi) is 5.18. The van der Waals surface area contributed by atoms with Gasteiger partial charge >= 0.3 is 0 Å². The highest BCUT2D eigenvalue weighted by atomic mass is 16.4. The first-order valence-electron chi connectivity index (χ1n) is 9.12. The molecular formula is C23H24O5. The first kappa shape index (κ1) is 19.5. The molecule has 0 aliphatic carbocycles. The number of aromatic hydroxyl groups is 3. The molecule has 2 aromatic carbocycles. The summed E-state index contributed by atoms with van der Waals surface area (Å²) in [6.07, 6.45) is 4.73. The molecule has 1 heterocycles. The van der Waals surface area contributed by atoms with E-state index in [0.717, 1.165) is 11.1 Å². The molecule has 1 aromatic heterocycles. The van der Waals surface area contributed by atoms with Gasteiger partial charge in [0.1, 0.15) is 11.1 Å². The highest BCUT2D eigenvalue weighted by Gasteiger charge is 2.20. The Hall–Kier alpha value is -3.21. The van der Waals surface area contributed by atoms with Crippen LogP contribution in [0.1, 0.15) is 38.8 Å². The third-order valence-electron chi connectivity index (χ3n) is 4.66. The molecule has 0 fully saturated rings. The molecule has 0 amide bonds. The fraction of sp³-hybridized carbons (Fsp3) is 0.261. The summed E-state index contributed by atoms with van der Waals surface area (Å²) in [5, 5.41) is 31.7. The predicted octanol–water partition coefficient (Wildman–Crippen LogP) is 5.08. The summed E-state index contributed by atoms with van der Waals surface area (Å²) in [5.41, 5.74) is 2.60. The van der Waals surface area contributed by atoms with Gasteiger partial charge in [-0.15, -0.1) is 0 Å². The maximum absolute atomic E-state index is 12.9. The minimum atomic E-state index is -0.498. The highest BCUT2D eigenvalue weighted by Crippen LogP contribution is 2.38. The molecule has 28 heavy (non-hydrogen) atoms. The Bertz CT molecular complexity index is 1190. The lowest BCUT2D eigenvalue weighted by atomic mass is 10.0. The fourth-order valence-corrected chi connectivity index (χ4v) is 3.08. The van der Waals surface area contributed by atoms with Crippen molar-refractivity contribution >= 4 is 21.9 Å². The van der Waals surface area contributed by atoms with Gasteiger partial charge < -0.3 is 19.7 Å². The molecule has 0 unspecified atom stereocenters. The normalized spacial score (nSPS) is 11.0. The van der Waals surface area contributed by atoms with Gasteiger partial charge in [0.25, 0.3) is 0 Å². The van der Waals surface area contributed by atoms with Gasteiger partial charge in [-0.2, -0.15) is 0 Å². The molecule has 5 nitrogen and oxygen atoms in total. The van der Waals surface area contributed by atoms with E-state index in [2.05, 4.69) is 0 Å². The number of hydrogen-bond donors (Lipinski definition) is 3. The Morgan fingerprint density at radius 3 is 2.07 bits per heavy atom. The van der Waals surface area contributed by atoms with E-state index < -0.39 is 5.43 Å². The summed E-state index contributed by atoms with van der Waals surface area (Å²) in [5.74, 6) is -0.602. The minimum absolute atomic E-state index is 0.00576. The van der Waals surface area contributed by atoms with Crippen molar-refractivity contribution in [2.45, 2.75) is 40.5 Å². The fourth-order valence-electron chi connectivity index (χ4n) is 3.08. The molecule has 0 saturated heterocycles. The van der Waals surface area contributed by atoms with E-state index in [1.54, 1.807) is 12.1 Å². The van der Waals surface area contributed by atoms with E-state index in [-0.39, 0.29) is 39.2 Å². The van der Waals surface area contributed by atoms with Crippen LogP contribution in [-0.4, -0.2) is 15.3 Å². The lowest BCUT2D eigenvalue weighted by Crippen LogP contribution is -2.04. The summed E-state index contributed by atoms with van der Waals surface area (Å²) in [4.78, 5) is 12.9. The average molecular weight is 380 g/mol. The van der Waals surface area contributed by atoms with Crippen molar-refractivity contribution in [1.29, 1.82) is 0 Å². The summed E-state index contributed by atoms with van der Waals surface area (Å²) in [7, 11) is 0. The quantitative estimate of drug-likeness (QED) is 0.333. The largest absolute Gasteiger partial charge is 0.507 e. The predicted molar refractivity (Wildman–Crippen MR) is 111 cm³/mol.